The maximum absolute atomic E-state index is 11.7. The number of nitrogens with two attached hydrogens (primary N) is 1. The lowest BCUT2D eigenvalue weighted by Gasteiger charge is -2.34. The second-order valence-corrected chi connectivity index (χ2v) is 4.40. The van der Waals surface area contributed by atoms with E-state index in [1.165, 1.54) is 0 Å². The molecule has 0 aromatic carbocycles. The molecule has 2 N–H and O–H groups in total. The molecule has 1 aliphatic rings. The van der Waals surface area contributed by atoms with Crippen molar-refractivity contribution >= 4 is 5.91 Å². The summed E-state index contributed by atoms with van der Waals surface area (Å²) in [5, 5.41) is 0. The molecular weight excluding hydrogens is 192 g/mol. The van der Waals surface area contributed by atoms with Crippen molar-refractivity contribution in [1.29, 1.82) is 0 Å². The summed E-state index contributed by atoms with van der Waals surface area (Å²) in [5.41, 5.74) is 5.58. The van der Waals surface area contributed by atoms with E-state index in [4.69, 9.17) is 10.5 Å². The van der Waals surface area contributed by atoms with Crippen LogP contribution in [0.2, 0.25) is 0 Å². The van der Waals surface area contributed by atoms with E-state index in [0.717, 1.165) is 25.7 Å². The maximum atomic E-state index is 11.7. The molecule has 0 bridgehead atoms. The fourth-order valence-electron chi connectivity index (χ4n) is 2.17. The quantitative estimate of drug-likeness (QED) is 0.754. The Labute approximate surface area is 91.8 Å². The number of likely N-dealkylation sites (N-methyl/N-ethyl adjacent to an activating group) is 1. The van der Waals surface area contributed by atoms with Crippen LogP contribution in [0, 0.1) is 0 Å². The van der Waals surface area contributed by atoms with Crippen LogP contribution in [0.3, 0.4) is 0 Å². The normalized spacial score (nSPS) is 28.5. The minimum atomic E-state index is -0.393. The van der Waals surface area contributed by atoms with Gasteiger partial charge in [0.15, 0.2) is 0 Å². The second-order valence-electron chi connectivity index (χ2n) is 4.40. The molecule has 0 saturated heterocycles. The number of methoxy groups -OCH3 is 1. The standard InChI is InChI=1S/C11H22N2O2/c1-8(12)11(14)13(2)9-4-6-10(15-3)7-5-9/h8-10H,4-7,12H2,1-3H3/t8-,9?,10?/m1/s1. The molecule has 0 radical (unpaired) electrons. The molecule has 0 aromatic rings. The van der Waals surface area contributed by atoms with E-state index in [-0.39, 0.29) is 5.91 Å². The monoisotopic (exact) mass is 214 g/mol. The number of carbonyl (C=O) groups excluding carboxylic acids is 1. The first-order valence-corrected chi connectivity index (χ1v) is 5.61. The molecule has 1 aliphatic carbocycles. The van der Waals surface area contributed by atoms with Crippen LogP contribution in [-0.2, 0) is 9.53 Å². The molecule has 88 valence electrons. The SMILES string of the molecule is COC1CCC(N(C)C(=O)[C@@H](C)N)CC1. The Morgan fingerprint density at radius 3 is 2.33 bits per heavy atom. The molecule has 0 unspecified atom stereocenters. The maximum Gasteiger partial charge on any atom is 0.239 e. The van der Waals surface area contributed by atoms with Gasteiger partial charge in [0.25, 0.3) is 0 Å². The van der Waals surface area contributed by atoms with Gasteiger partial charge in [-0.2, -0.15) is 0 Å². The number of carbonyl (C=O) groups is 1. The van der Waals surface area contributed by atoms with Crippen molar-refractivity contribution in [3.8, 4) is 0 Å². The molecule has 0 spiro atoms. The van der Waals surface area contributed by atoms with E-state index < -0.39 is 6.04 Å². The van der Waals surface area contributed by atoms with E-state index in [1.807, 2.05) is 7.05 Å². The number of hydrogen-bond acceptors (Lipinski definition) is 3. The van der Waals surface area contributed by atoms with Gasteiger partial charge < -0.3 is 15.4 Å². The van der Waals surface area contributed by atoms with E-state index in [1.54, 1.807) is 18.9 Å². The van der Waals surface area contributed by atoms with Crippen LogP contribution >= 0.6 is 0 Å². The van der Waals surface area contributed by atoms with Crippen molar-refractivity contribution in [3.05, 3.63) is 0 Å². The van der Waals surface area contributed by atoms with Gasteiger partial charge in [0.05, 0.1) is 12.1 Å². The molecule has 4 heteroatoms. The molecule has 1 atom stereocenters. The van der Waals surface area contributed by atoms with Gasteiger partial charge in [-0.25, -0.2) is 0 Å². The molecule has 15 heavy (non-hydrogen) atoms. The molecule has 1 saturated carbocycles. The summed E-state index contributed by atoms with van der Waals surface area (Å²) in [4.78, 5) is 13.5. The number of hydrogen-bond donors (Lipinski definition) is 1. The third-order valence-electron chi connectivity index (χ3n) is 3.26. The van der Waals surface area contributed by atoms with Crippen LogP contribution in [0.25, 0.3) is 0 Å². The molecule has 0 heterocycles. The zero-order valence-electron chi connectivity index (χ0n) is 9.90. The van der Waals surface area contributed by atoms with Gasteiger partial charge in [-0.05, 0) is 32.6 Å². The van der Waals surface area contributed by atoms with Gasteiger partial charge in [0, 0.05) is 20.2 Å². The summed E-state index contributed by atoms with van der Waals surface area (Å²) in [6, 6.07) is -0.0509. The highest BCUT2D eigenvalue weighted by atomic mass is 16.5. The average molecular weight is 214 g/mol. The highest BCUT2D eigenvalue weighted by Crippen LogP contribution is 2.24. The summed E-state index contributed by atoms with van der Waals surface area (Å²) >= 11 is 0. The van der Waals surface area contributed by atoms with Crippen LogP contribution in [0.4, 0.5) is 0 Å². The van der Waals surface area contributed by atoms with Gasteiger partial charge >= 0.3 is 0 Å². The second kappa shape index (κ2) is 5.47. The summed E-state index contributed by atoms with van der Waals surface area (Å²) in [7, 11) is 3.60. The third-order valence-corrected chi connectivity index (χ3v) is 3.26. The van der Waals surface area contributed by atoms with Crippen LogP contribution < -0.4 is 5.73 Å². The summed E-state index contributed by atoms with van der Waals surface area (Å²) in [6.45, 7) is 1.74. The van der Waals surface area contributed by atoms with Gasteiger partial charge in [0.1, 0.15) is 0 Å². The molecule has 1 rings (SSSR count). The lowest BCUT2D eigenvalue weighted by molar-refractivity contribution is -0.134. The van der Waals surface area contributed by atoms with Gasteiger partial charge in [-0.3, -0.25) is 4.79 Å². The van der Waals surface area contributed by atoms with E-state index in [2.05, 4.69) is 0 Å². The molecule has 1 fully saturated rings. The zero-order valence-corrected chi connectivity index (χ0v) is 9.90. The Morgan fingerprint density at radius 2 is 1.93 bits per heavy atom. The van der Waals surface area contributed by atoms with Crippen molar-refractivity contribution in [2.24, 2.45) is 5.73 Å². The van der Waals surface area contributed by atoms with Crippen molar-refractivity contribution in [2.75, 3.05) is 14.2 Å². The van der Waals surface area contributed by atoms with Crippen LogP contribution in [0.15, 0.2) is 0 Å². The molecule has 4 nitrogen and oxygen atoms in total. The van der Waals surface area contributed by atoms with E-state index >= 15 is 0 Å². The van der Waals surface area contributed by atoms with E-state index in [9.17, 15) is 4.79 Å². The topological polar surface area (TPSA) is 55.6 Å². The lowest BCUT2D eigenvalue weighted by Crippen LogP contribution is -2.46. The van der Waals surface area contributed by atoms with Crippen molar-refractivity contribution in [3.63, 3.8) is 0 Å². The largest absolute Gasteiger partial charge is 0.381 e. The minimum Gasteiger partial charge on any atom is -0.381 e. The van der Waals surface area contributed by atoms with Crippen LogP contribution in [0.5, 0.6) is 0 Å². The third kappa shape index (κ3) is 3.18. The Bertz CT molecular complexity index is 211. The van der Waals surface area contributed by atoms with Crippen LogP contribution in [0.1, 0.15) is 32.6 Å². The van der Waals surface area contributed by atoms with Crippen LogP contribution in [-0.4, -0.2) is 43.2 Å². The summed E-state index contributed by atoms with van der Waals surface area (Å²) in [5.74, 6) is 0.0378. The fourth-order valence-corrected chi connectivity index (χ4v) is 2.17. The number of nitrogens with zero attached hydrogens (tertiary/aromatic N) is 1. The van der Waals surface area contributed by atoms with Gasteiger partial charge in [-0.15, -0.1) is 0 Å². The molecule has 0 aliphatic heterocycles. The van der Waals surface area contributed by atoms with Crippen molar-refractivity contribution in [2.45, 2.75) is 50.8 Å². The predicted octanol–water partition coefficient (Wildman–Crippen LogP) is 0.750. The number of amides is 1. The predicted molar refractivity (Wildman–Crippen MR) is 59.5 cm³/mol. The Morgan fingerprint density at radius 1 is 1.40 bits per heavy atom. The van der Waals surface area contributed by atoms with Gasteiger partial charge in [0.2, 0.25) is 5.91 Å². The highest BCUT2D eigenvalue weighted by Gasteiger charge is 2.27. The van der Waals surface area contributed by atoms with Crippen molar-refractivity contribution in [1.82, 2.24) is 4.90 Å². The van der Waals surface area contributed by atoms with Gasteiger partial charge in [-0.1, -0.05) is 0 Å². The Kier molecular flexibility index (Phi) is 4.54. The van der Waals surface area contributed by atoms with E-state index in [0.29, 0.717) is 12.1 Å². The smallest absolute Gasteiger partial charge is 0.239 e. The zero-order chi connectivity index (χ0) is 11.4. The number of rotatable bonds is 3. The first-order chi connectivity index (χ1) is 7.06. The number of ether oxygens (including phenoxy) is 1. The summed E-state index contributed by atoms with van der Waals surface area (Å²) in [6.07, 6.45) is 4.50. The molecular formula is C11H22N2O2. The molecule has 1 amide bonds. The average Bonchev–Trinajstić information content (AvgIpc) is 2.27. The fraction of sp³-hybridized carbons (Fsp3) is 0.909. The summed E-state index contributed by atoms with van der Waals surface area (Å²) < 4.78 is 5.30. The first-order valence-electron chi connectivity index (χ1n) is 5.61. The molecule has 0 aromatic heterocycles. The lowest BCUT2D eigenvalue weighted by atomic mass is 9.92. The first kappa shape index (κ1) is 12.5. The highest BCUT2D eigenvalue weighted by molar-refractivity contribution is 5.81. The van der Waals surface area contributed by atoms with Crippen molar-refractivity contribution < 1.29 is 9.53 Å². The Balaban J connectivity index is 2.42. The minimum absolute atomic E-state index is 0.0378. The Hall–Kier alpha value is -0.610.